The van der Waals surface area contributed by atoms with Crippen molar-refractivity contribution in [1.29, 1.82) is 0 Å². The van der Waals surface area contributed by atoms with Crippen molar-refractivity contribution in [3.8, 4) is 0 Å². The maximum absolute atomic E-state index is 10.8. The van der Waals surface area contributed by atoms with Gasteiger partial charge in [0, 0.05) is 23.4 Å². The zero-order valence-corrected chi connectivity index (χ0v) is 16.6. The number of carboxylic acids is 1. The van der Waals surface area contributed by atoms with Crippen molar-refractivity contribution in [2.24, 2.45) is 23.7 Å². The third-order valence-electron chi connectivity index (χ3n) is 4.12. The van der Waals surface area contributed by atoms with Crippen LogP contribution in [0, 0.1) is 5.92 Å². The Labute approximate surface area is 161 Å². The lowest BCUT2D eigenvalue weighted by atomic mass is 10.1. The molecule has 1 saturated carbocycles. The van der Waals surface area contributed by atoms with Crippen LogP contribution in [0.1, 0.15) is 26.2 Å². The van der Waals surface area contributed by atoms with Gasteiger partial charge in [0.05, 0.1) is 17.5 Å². The van der Waals surface area contributed by atoms with Crippen LogP contribution in [0.2, 0.25) is 0 Å². The first kappa shape index (κ1) is 20.0. The average Bonchev–Trinajstić information content (AvgIpc) is 3.38. The Balaban J connectivity index is 2.21. The topological polar surface area (TPSA) is 80.6 Å². The minimum atomic E-state index is -0.828. The molecule has 0 aliphatic heterocycles. The van der Waals surface area contributed by atoms with Gasteiger partial charge in [-0.15, -0.1) is 0 Å². The van der Waals surface area contributed by atoms with E-state index in [0.29, 0.717) is 11.8 Å². The number of aliphatic imine (C=N–C) groups is 1. The van der Waals surface area contributed by atoms with Gasteiger partial charge in [-0.2, -0.15) is 0 Å². The quantitative estimate of drug-likeness (QED) is 0.406. The first-order chi connectivity index (χ1) is 12.4. The Hall–Kier alpha value is -2.34. The molecule has 0 radical (unpaired) electrons. The van der Waals surface area contributed by atoms with Gasteiger partial charge in [-0.05, 0) is 49.5 Å². The van der Waals surface area contributed by atoms with Crippen LogP contribution >= 0.6 is 15.9 Å². The summed E-state index contributed by atoms with van der Waals surface area (Å²) < 4.78 is 2.01. The number of allylic oxidation sites excluding steroid dienone is 4. The molecule has 0 bridgehead atoms. The van der Waals surface area contributed by atoms with Crippen LogP contribution in [0.15, 0.2) is 52.8 Å². The summed E-state index contributed by atoms with van der Waals surface area (Å²) in [6.07, 6.45) is 13.5. The number of aliphatic carboxylic acids is 1. The van der Waals surface area contributed by atoms with Gasteiger partial charge in [-0.25, -0.2) is 4.99 Å². The van der Waals surface area contributed by atoms with E-state index in [4.69, 9.17) is 10.8 Å². The lowest BCUT2D eigenvalue weighted by Gasteiger charge is -1.99. The molecule has 1 fully saturated rings. The number of aryl methyl sites for hydroxylation is 1. The fraction of sp³-hybridized carbons (Fsp3) is 0.300. The lowest BCUT2D eigenvalue weighted by molar-refractivity contribution is -0.136. The number of carboxylic acid groups (broad SMARTS) is 1. The van der Waals surface area contributed by atoms with Crippen LogP contribution in [0.3, 0.4) is 0 Å². The molecule has 1 aromatic rings. The number of nitrogens with zero attached hydrogens (tertiary/aromatic N) is 2. The van der Waals surface area contributed by atoms with E-state index >= 15 is 0 Å². The van der Waals surface area contributed by atoms with E-state index in [9.17, 15) is 4.79 Å². The summed E-state index contributed by atoms with van der Waals surface area (Å²) >= 11 is 3.38. The second-order valence-electron chi connectivity index (χ2n) is 6.18. The van der Waals surface area contributed by atoms with Crippen LogP contribution in [-0.4, -0.2) is 21.5 Å². The molecule has 0 amide bonds. The molecule has 26 heavy (non-hydrogen) atoms. The predicted molar refractivity (Wildman–Crippen MR) is 110 cm³/mol. The molecule has 1 heterocycles. The first-order valence-electron chi connectivity index (χ1n) is 8.48. The Morgan fingerprint density at radius 2 is 2.19 bits per heavy atom. The standard InChI is InChI=1S/C20H24BrN3O2/c1-3-17(12-16-10-11-24(2)18(16)13-21)23-19(22)8-6-15(14-4-5-14)7-9-20(25)26/h3,6-8,10-14H,4-5,9H2,1-2H3,(H2,22,23)(H,25,26)/b8-6-,15-7+,16-12-,17-3+,18-13-. The lowest BCUT2D eigenvalue weighted by Crippen LogP contribution is -2.26. The zero-order chi connectivity index (χ0) is 19.1. The molecular formula is C20H24BrN3O2. The summed E-state index contributed by atoms with van der Waals surface area (Å²) in [5, 5.41) is 10.9. The number of hydrogen-bond acceptors (Lipinski definition) is 2. The van der Waals surface area contributed by atoms with Crippen LogP contribution in [-0.2, 0) is 11.8 Å². The number of carbonyl (C=O) groups is 1. The number of halogens is 1. The summed E-state index contributed by atoms with van der Waals surface area (Å²) in [7, 11) is 1.98. The highest BCUT2D eigenvalue weighted by Gasteiger charge is 2.24. The predicted octanol–water partition coefficient (Wildman–Crippen LogP) is 2.57. The number of hydrogen-bond donors (Lipinski definition) is 2. The Morgan fingerprint density at radius 3 is 2.77 bits per heavy atom. The Bertz CT molecular complexity index is 900. The molecule has 3 N–H and O–H groups in total. The van der Waals surface area contributed by atoms with E-state index in [1.165, 1.54) is 0 Å². The third kappa shape index (κ3) is 5.88. The molecule has 6 heteroatoms. The Morgan fingerprint density at radius 1 is 1.46 bits per heavy atom. The van der Waals surface area contributed by atoms with Gasteiger partial charge < -0.3 is 15.4 Å². The maximum Gasteiger partial charge on any atom is 0.307 e. The van der Waals surface area contributed by atoms with Crippen LogP contribution in [0.25, 0.3) is 11.1 Å². The molecule has 1 aliphatic carbocycles. The van der Waals surface area contributed by atoms with Crippen molar-refractivity contribution < 1.29 is 9.90 Å². The van der Waals surface area contributed by atoms with Crippen LogP contribution in [0.5, 0.6) is 0 Å². The molecule has 0 spiro atoms. The van der Waals surface area contributed by atoms with E-state index < -0.39 is 5.97 Å². The molecule has 0 aromatic carbocycles. The number of amidine groups is 1. The highest BCUT2D eigenvalue weighted by atomic mass is 79.9. The molecule has 5 nitrogen and oxygen atoms in total. The van der Waals surface area contributed by atoms with E-state index in [1.54, 1.807) is 12.2 Å². The summed E-state index contributed by atoms with van der Waals surface area (Å²) in [6, 6.07) is 2.01. The van der Waals surface area contributed by atoms with Crippen LogP contribution < -0.4 is 16.3 Å². The van der Waals surface area contributed by atoms with Crippen molar-refractivity contribution in [2.45, 2.75) is 26.2 Å². The fourth-order valence-corrected chi connectivity index (χ4v) is 3.11. The van der Waals surface area contributed by atoms with Gasteiger partial charge in [0.15, 0.2) is 0 Å². The maximum atomic E-state index is 10.8. The van der Waals surface area contributed by atoms with Gasteiger partial charge >= 0.3 is 5.97 Å². The molecule has 2 rings (SSSR count). The second kappa shape index (κ2) is 9.38. The minimum absolute atomic E-state index is 0.0287. The van der Waals surface area contributed by atoms with Gasteiger partial charge in [0.1, 0.15) is 5.84 Å². The second-order valence-corrected chi connectivity index (χ2v) is 6.64. The highest BCUT2D eigenvalue weighted by molar-refractivity contribution is 9.14. The first-order valence-corrected chi connectivity index (χ1v) is 9.40. The molecule has 1 aliphatic rings. The largest absolute Gasteiger partial charge is 0.481 e. The van der Waals surface area contributed by atoms with Crippen molar-refractivity contribution in [3.63, 3.8) is 0 Å². The van der Waals surface area contributed by atoms with Crippen molar-refractivity contribution in [2.75, 3.05) is 0 Å². The minimum Gasteiger partial charge on any atom is -0.481 e. The monoisotopic (exact) mass is 417 g/mol. The van der Waals surface area contributed by atoms with Crippen molar-refractivity contribution in [3.05, 3.63) is 58.4 Å². The van der Waals surface area contributed by atoms with Gasteiger partial charge in [0.25, 0.3) is 0 Å². The summed E-state index contributed by atoms with van der Waals surface area (Å²) in [5.74, 6) is 0.00951. The van der Waals surface area contributed by atoms with E-state index in [2.05, 4.69) is 20.9 Å². The molecule has 138 valence electrons. The Kier molecular flexibility index (Phi) is 7.21. The van der Waals surface area contributed by atoms with Gasteiger partial charge in [0.2, 0.25) is 0 Å². The summed E-state index contributed by atoms with van der Waals surface area (Å²) in [5.41, 5.74) is 7.83. The molecule has 0 atom stereocenters. The van der Waals surface area contributed by atoms with E-state index in [0.717, 1.165) is 34.7 Å². The zero-order valence-electron chi connectivity index (χ0n) is 15.0. The number of aromatic nitrogens is 1. The normalized spacial score (nSPS) is 18.2. The van der Waals surface area contributed by atoms with Gasteiger partial charge in [-0.3, -0.25) is 4.79 Å². The van der Waals surface area contributed by atoms with Crippen molar-refractivity contribution in [1.82, 2.24) is 4.57 Å². The molecule has 0 unspecified atom stereocenters. The molecular weight excluding hydrogens is 394 g/mol. The summed E-state index contributed by atoms with van der Waals surface area (Å²) in [4.78, 5) is 17.1. The molecule has 0 saturated heterocycles. The average molecular weight is 418 g/mol. The molecule has 1 aromatic heterocycles. The highest BCUT2D eigenvalue weighted by Crippen LogP contribution is 2.37. The van der Waals surface area contributed by atoms with Gasteiger partial charge in [-0.1, -0.05) is 34.2 Å². The number of rotatable bonds is 7. The van der Waals surface area contributed by atoms with E-state index in [1.807, 2.05) is 54.0 Å². The third-order valence-corrected chi connectivity index (χ3v) is 4.56. The number of nitrogens with two attached hydrogens (primary N) is 1. The summed E-state index contributed by atoms with van der Waals surface area (Å²) in [6.45, 7) is 1.91. The van der Waals surface area contributed by atoms with E-state index in [-0.39, 0.29) is 6.42 Å². The van der Waals surface area contributed by atoms with Crippen LogP contribution in [0.4, 0.5) is 0 Å². The fourth-order valence-electron chi connectivity index (χ4n) is 2.52. The van der Waals surface area contributed by atoms with Crippen molar-refractivity contribution >= 4 is 38.8 Å². The SMILES string of the molecule is C/C=C(\C=c1\ccn(C)\c1=C/Br)/N=C(N)/C=C\C(=C/CC(=O)O)C1CC1. The smallest absolute Gasteiger partial charge is 0.307 e.